The minimum absolute atomic E-state index is 0.420. The van der Waals surface area contributed by atoms with E-state index in [4.69, 9.17) is 4.74 Å². The highest BCUT2D eigenvalue weighted by molar-refractivity contribution is 5.40. The van der Waals surface area contributed by atoms with Crippen molar-refractivity contribution in [3.8, 4) is 0 Å². The third kappa shape index (κ3) is 3.29. The van der Waals surface area contributed by atoms with Crippen molar-refractivity contribution in [1.29, 1.82) is 0 Å². The summed E-state index contributed by atoms with van der Waals surface area (Å²) in [6.45, 7) is 3.49. The van der Waals surface area contributed by atoms with Crippen LogP contribution in [0.5, 0.6) is 0 Å². The van der Waals surface area contributed by atoms with Gasteiger partial charge in [-0.05, 0) is 24.6 Å². The molecule has 0 radical (unpaired) electrons. The number of nitrogens with zero attached hydrogens (tertiary/aromatic N) is 3. The molecule has 7 heteroatoms. The molecule has 0 saturated carbocycles. The Hall–Kier alpha value is -2.15. The lowest BCUT2D eigenvalue weighted by atomic mass is 9.94. The number of halogens is 3. The van der Waals surface area contributed by atoms with Gasteiger partial charge in [0, 0.05) is 6.54 Å². The minimum Gasteiger partial charge on any atom is -0.367 e. The number of alkyl halides is 3. The lowest BCUT2D eigenvalue weighted by Gasteiger charge is -2.41. The second kappa shape index (κ2) is 5.81. The van der Waals surface area contributed by atoms with Gasteiger partial charge in [0.05, 0.1) is 13.2 Å². The molecule has 1 aromatic carbocycles. The zero-order valence-corrected chi connectivity index (χ0v) is 12.5. The number of rotatable bonds is 2. The molecule has 1 unspecified atom stereocenters. The first-order valence-electron chi connectivity index (χ1n) is 7.24. The van der Waals surface area contributed by atoms with Gasteiger partial charge in [0.2, 0.25) is 0 Å². The Labute approximate surface area is 131 Å². The van der Waals surface area contributed by atoms with E-state index in [-0.39, 0.29) is 0 Å². The molecule has 2 heterocycles. The number of hydrogen-bond donors (Lipinski definition) is 0. The third-order valence-corrected chi connectivity index (χ3v) is 3.92. The summed E-state index contributed by atoms with van der Waals surface area (Å²) in [5, 5.41) is 7.02. The first-order chi connectivity index (χ1) is 10.9. The maximum atomic E-state index is 12.6. The fourth-order valence-corrected chi connectivity index (χ4v) is 2.68. The molecule has 0 N–H and O–H groups in total. The van der Waals surface area contributed by atoms with Crippen molar-refractivity contribution in [2.45, 2.75) is 18.7 Å². The van der Waals surface area contributed by atoms with E-state index in [9.17, 15) is 13.2 Å². The number of anilines is 1. The van der Waals surface area contributed by atoms with Gasteiger partial charge in [-0.25, -0.2) is 0 Å². The number of morpholine rings is 1. The van der Waals surface area contributed by atoms with Crippen LogP contribution in [0.15, 0.2) is 42.5 Å². The van der Waals surface area contributed by atoms with E-state index in [0.717, 1.165) is 11.6 Å². The third-order valence-electron chi connectivity index (χ3n) is 3.92. The maximum absolute atomic E-state index is 12.6. The summed E-state index contributed by atoms with van der Waals surface area (Å²) in [6, 6.07) is 12.0. The van der Waals surface area contributed by atoms with Gasteiger partial charge in [-0.2, -0.15) is 13.2 Å². The van der Waals surface area contributed by atoms with Gasteiger partial charge in [0.15, 0.2) is 11.5 Å². The fourth-order valence-electron chi connectivity index (χ4n) is 2.68. The van der Waals surface area contributed by atoms with Crippen molar-refractivity contribution >= 4 is 5.82 Å². The zero-order valence-electron chi connectivity index (χ0n) is 12.5. The lowest BCUT2D eigenvalue weighted by Crippen LogP contribution is -2.48. The predicted octanol–water partition coefficient (Wildman–Crippen LogP) is 3.25. The SMILES string of the molecule is CC1(c2ccccc2)CN(c2ccc(C(F)(F)F)nn2)CCO1. The van der Waals surface area contributed by atoms with Crippen LogP contribution < -0.4 is 4.90 Å². The summed E-state index contributed by atoms with van der Waals surface area (Å²) in [6.07, 6.45) is -4.48. The molecule has 1 aliphatic rings. The second-order valence-electron chi connectivity index (χ2n) is 5.64. The monoisotopic (exact) mass is 323 g/mol. The number of aromatic nitrogens is 2. The molecular formula is C16H16F3N3O. The lowest BCUT2D eigenvalue weighted by molar-refractivity contribution is -0.141. The largest absolute Gasteiger partial charge is 0.435 e. The van der Waals surface area contributed by atoms with Crippen LogP contribution in [0.3, 0.4) is 0 Å². The summed E-state index contributed by atoms with van der Waals surface area (Å²) in [4.78, 5) is 1.89. The van der Waals surface area contributed by atoms with Crippen molar-refractivity contribution < 1.29 is 17.9 Å². The number of hydrogen-bond acceptors (Lipinski definition) is 4. The van der Waals surface area contributed by atoms with Crippen LogP contribution in [0.4, 0.5) is 19.0 Å². The summed E-state index contributed by atoms with van der Waals surface area (Å²) < 4.78 is 43.6. The highest BCUT2D eigenvalue weighted by Crippen LogP contribution is 2.32. The molecule has 0 aliphatic carbocycles. The van der Waals surface area contributed by atoms with Crippen molar-refractivity contribution in [1.82, 2.24) is 10.2 Å². The van der Waals surface area contributed by atoms with E-state index in [1.54, 1.807) is 0 Å². The predicted molar refractivity (Wildman–Crippen MR) is 79.0 cm³/mol. The quantitative estimate of drug-likeness (QED) is 0.850. The molecule has 1 aliphatic heterocycles. The summed E-state index contributed by atoms with van der Waals surface area (Å²) in [5.74, 6) is 0.420. The molecule has 1 fully saturated rings. The van der Waals surface area contributed by atoms with E-state index in [1.807, 2.05) is 42.2 Å². The molecule has 122 valence electrons. The van der Waals surface area contributed by atoms with Crippen LogP contribution in [-0.4, -0.2) is 29.9 Å². The van der Waals surface area contributed by atoms with Crippen LogP contribution in [0.1, 0.15) is 18.2 Å². The topological polar surface area (TPSA) is 38.2 Å². The Kier molecular flexibility index (Phi) is 3.97. The number of ether oxygens (including phenoxy) is 1. The average Bonchev–Trinajstić information content (AvgIpc) is 2.55. The average molecular weight is 323 g/mol. The van der Waals surface area contributed by atoms with E-state index >= 15 is 0 Å². The maximum Gasteiger partial charge on any atom is 0.435 e. The molecule has 1 aromatic heterocycles. The van der Waals surface area contributed by atoms with Crippen LogP contribution in [-0.2, 0) is 16.5 Å². The molecule has 2 aromatic rings. The number of benzene rings is 1. The molecule has 4 nitrogen and oxygen atoms in total. The summed E-state index contributed by atoms with van der Waals surface area (Å²) in [5.41, 5.74) is -0.505. The molecule has 23 heavy (non-hydrogen) atoms. The molecule has 1 atom stereocenters. The van der Waals surface area contributed by atoms with Crippen LogP contribution in [0, 0.1) is 0 Å². The Morgan fingerprint density at radius 1 is 1.09 bits per heavy atom. The van der Waals surface area contributed by atoms with Gasteiger partial charge in [-0.1, -0.05) is 30.3 Å². The molecule has 0 amide bonds. The van der Waals surface area contributed by atoms with Gasteiger partial charge < -0.3 is 9.64 Å². The van der Waals surface area contributed by atoms with E-state index in [0.29, 0.717) is 25.5 Å². The first kappa shape index (κ1) is 15.7. The fraction of sp³-hybridized carbons (Fsp3) is 0.375. The van der Waals surface area contributed by atoms with Crippen molar-refractivity contribution in [2.24, 2.45) is 0 Å². The Bertz CT molecular complexity index is 661. The Balaban J connectivity index is 1.81. The van der Waals surface area contributed by atoms with Crippen molar-refractivity contribution in [2.75, 3.05) is 24.6 Å². The van der Waals surface area contributed by atoms with E-state index in [2.05, 4.69) is 10.2 Å². The molecule has 3 rings (SSSR count). The first-order valence-corrected chi connectivity index (χ1v) is 7.24. The van der Waals surface area contributed by atoms with Crippen LogP contribution >= 0.6 is 0 Å². The van der Waals surface area contributed by atoms with E-state index < -0.39 is 17.5 Å². The Morgan fingerprint density at radius 3 is 2.43 bits per heavy atom. The van der Waals surface area contributed by atoms with Crippen molar-refractivity contribution in [3.05, 3.63) is 53.7 Å². The van der Waals surface area contributed by atoms with Gasteiger partial charge in [0.1, 0.15) is 5.60 Å². The van der Waals surface area contributed by atoms with Gasteiger partial charge >= 0.3 is 6.18 Å². The van der Waals surface area contributed by atoms with Gasteiger partial charge in [-0.15, -0.1) is 10.2 Å². The minimum atomic E-state index is -4.48. The smallest absolute Gasteiger partial charge is 0.367 e. The Morgan fingerprint density at radius 2 is 1.83 bits per heavy atom. The van der Waals surface area contributed by atoms with E-state index in [1.165, 1.54) is 6.07 Å². The summed E-state index contributed by atoms with van der Waals surface area (Å²) in [7, 11) is 0. The molecule has 0 spiro atoms. The zero-order chi connectivity index (χ0) is 16.5. The highest BCUT2D eigenvalue weighted by Gasteiger charge is 2.36. The highest BCUT2D eigenvalue weighted by atomic mass is 19.4. The van der Waals surface area contributed by atoms with Crippen molar-refractivity contribution in [3.63, 3.8) is 0 Å². The van der Waals surface area contributed by atoms with Crippen LogP contribution in [0.25, 0.3) is 0 Å². The molecular weight excluding hydrogens is 307 g/mol. The van der Waals surface area contributed by atoms with Crippen LogP contribution in [0.2, 0.25) is 0 Å². The van der Waals surface area contributed by atoms with Gasteiger partial charge in [0.25, 0.3) is 0 Å². The standard InChI is InChI=1S/C16H16F3N3O/c1-15(12-5-3-2-4-6-12)11-22(9-10-23-15)14-8-7-13(20-21-14)16(17,18)19/h2-8H,9-11H2,1H3. The molecule has 0 bridgehead atoms. The normalized spacial score (nSPS) is 22.2. The van der Waals surface area contributed by atoms with Gasteiger partial charge in [-0.3, -0.25) is 0 Å². The molecule has 1 saturated heterocycles. The summed E-state index contributed by atoms with van der Waals surface area (Å²) >= 11 is 0. The second-order valence-corrected chi connectivity index (χ2v) is 5.64.